The van der Waals surface area contributed by atoms with Gasteiger partial charge in [-0.15, -0.1) is 0 Å². The molecule has 0 radical (unpaired) electrons. The fourth-order valence-electron chi connectivity index (χ4n) is 4.59. The monoisotopic (exact) mass is 393 g/mol. The van der Waals surface area contributed by atoms with Crippen molar-refractivity contribution in [2.24, 2.45) is 0 Å². The van der Waals surface area contributed by atoms with Crippen molar-refractivity contribution in [1.29, 1.82) is 0 Å². The molecular formula is C21H23N5O3. The molecule has 0 aliphatic carbocycles. The maximum Gasteiger partial charge on any atom is 0.225 e. The highest BCUT2D eigenvalue weighted by Crippen LogP contribution is 2.36. The standard InChI is InChI=1S/C21H23N5O3/c1-5-22-18(26-11-16-10-14(26)12-28-16)9-13(1)20-19-17(24-25-20)2-6-23-21(19)29-15-3-7-27-8-4-15/h1-2,5-6,9,14-16H,3-4,7-8,10-12H2,(H,24,25)/t14-,16-/m0/s1. The van der Waals surface area contributed by atoms with Gasteiger partial charge in [0, 0.05) is 37.3 Å². The minimum Gasteiger partial charge on any atom is -0.474 e. The third kappa shape index (κ3) is 3.03. The Morgan fingerprint density at radius 2 is 2.03 bits per heavy atom. The summed E-state index contributed by atoms with van der Waals surface area (Å²) in [6.07, 6.45) is 6.92. The van der Waals surface area contributed by atoms with E-state index in [0.29, 0.717) is 18.0 Å². The molecular weight excluding hydrogens is 370 g/mol. The summed E-state index contributed by atoms with van der Waals surface area (Å²) in [6.45, 7) is 3.15. The molecule has 0 spiro atoms. The van der Waals surface area contributed by atoms with Crippen molar-refractivity contribution < 1.29 is 14.2 Å². The van der Waals surface area contributed by atoms with Gasteiger partial charge in [-0.25, -0.2) is 9.97 Å². The number of morpholine rings is 1. The van der Waals surface area contributed by atoms with E-state index in [9.17, 15) is 0 Å². The molecule has 0 unspecified atom stereocenters. The number of aromatic nitrogens is 4. The summed E-state index contributed by atoms with van der Waals surface area (Å²) in [6, 6.07) is 6.46. The second-order valence-electron chi connectivity index (χ2n) is 7.94. The minimum absolute atomic E-state index is 0.123. The Morgan fingerprint density at radius 3 is 2.86 bits per heavy atom. The summed E-state index contributed by atoms with van der Waals surface area (Å²) in [4.78, 5) is 11.5. The maximum absolute atomic E-state index is 6.27. The van der Waals surface area contributed by atoms with Crippen LogP contribution in [0, 0.1) is 0 Å². The van der Waals surface area contributed by atoms with Gasteiger partial charge in [0.05, 0.1) is 42.9 Å². The summed E-state index contributed by atoms with van der Waals surface area (Å²) in [5.41, 5.74) is 2.78. The summed E-state index contributed by atoms with van der Waals surface area (Å²) >= 11 is 0. The Labute approximate surface area is 168 Å². The Balaban J connectivity index is 1.36. The summed E-state index contributed by atoms with van der Waals surface area (Å²) in [5, 5.41) is 8.64. The van der Waals surface area contributed by atoms with Crippen LogP contribution < -0.4 is 9.64 Å². The van der Waals surface area contributed by atoms with Gasteiger partial charge in [-0.05, 0) is 24.6 Å². The average Bonchev–Trinajstić information content (AvgIpc) is 3.51. The van der Waals surface area contributed by atoms with Crippen molar-refractivity contribution in [3.05, 3.63) is 30.6 Å². The van der Waals surface area contributed by atoms with E-state index in [2.05, 4.69) is 31.1 Å². The molecule has 0 aromatic carbocycles. The first kappa shape index (κ1) is 17.2. The molecule has 2 atom stereocenters. The molecule has 3 aromatic heterocycles. The molecule has 3 aliphatic heterocycles. The van der Waals surface area contributed by atoms with E-state index in [4.69, 9.17) is 14.2 Å². The van der Waals surface area contributed by atoms with Crippen molar-refractivity contribution in [3.63, 3.8) is 0 Å². The normalized spacial score (nSPS) is 24.5. The van der Waals surface area contributed by atoms with Gasteiger partial charge in [-0.2, -0.15) is 5.10 Å². The summed E-state index contributed by atoms with van der Waals surface area (Å²) in [7, 11) is 0. The fourth-order valence-corrected chi connectivity index (χ4v) is 4.59. The van der Waals surface area contributed by atoms with Crippen molar-refractivity contribution in [1.82, 2.24) is 20.2 Å². The van der Waals surface area contributed by atoms with Gasteiger partial charge in [0.15, 0.2) is 0 Å². The Hall–Kier alpha value is -2.71. The molecule has 150 valence electrons. The Kier molecular flexibility index (Phi) is 4.12. The van der Waals surface area contributed by atoms with Crippen LogP contribution in [0.5, 0.6) is 5.88 Å². The maximum atomic E-state index is 6.27. The van der Waals surface area contributed by atoms with Crippen molar-refractivity contribution in [2.45, 2.75) is 37.5 Å². The van der Waals surface area contributed by atoms with E-state index in [1.54, 1.807) is 6.20 Å². The van der Waals surface area contributed by atoms with E-state index in [1.807, 2.05) is 18.3 Å². The molecule has 0 saturated carbocycles. The molecule has 6 heterocycles. The molecule has 2 bridgehead atoms. The fraction of sp³-hybridized carbons (Fsp3) is 0.476. The number of hydrogen-bond donors (Lipinski definition) is 1. The number of H-pyrrole nitrogens is 1. The SMILES string of the molecule is c1cc(-c2n[nH]c3ccnc(OC4CCOCC4)c23)cc(N2C[C@@H]3C[C@H]2CO3)n1. The number of pyridine rings is 2. The Bertz CT molecular complexity index is 1030. The highest BCUT2D eigenvalue weighted by Gasteiger charge is 2.39. The average molecular weight is 393 g/mol. The first-order chi connectivity index (χ1) is 14.3. The lowest BCUT2D eigenvalue weighted by Crippen LogP contribution is -2.37. The van der Waals surface area contributed by atoms with Crippen LogP contribution in [-0.4, -0.2) is 64.8 Å². The predicted octanol–water partition coefficient (Wildman–Crippen LogP) is 2.56. The van der Waals surface area contributed by atoms with Gasteiger partial charge in [-0.3, -0.25) is 5.10 Å². The number of hydrogen-bond acceptors (Lipinski definition) is 7. The molecule has 1 N–H and O–H groups in total. The van der Waals surface area contributed by atoms with Gasteiger partial charge in [0.2, 0.25) is 5.88 Å². The molecule has 3 aliphatic rings. The molecule has 3 fully saturated rings. The number of anilines is 1. The molecule has 8 nitrogen and oxygen atoms in total. The number of rotatable bonds is 4. The van der Waals surface area contributed by atoms with Crippen molar-refractivity contribution >= 4 is 16.7 Å². The highest BCUT2D eigenvalue weighted by atomic mass is 16.5. The molecule has 3 aromatic rings. The van der Waals surface area contributed by atoms with Gasteiger partial charge in [0.25, 0.3) is 0 Å². The summed E-state index contributed by atoms with van der Waals surface area (Å²) < 4.78 is 17.4. The zero-order chi connectivity index (χ0) is 19.2. The quantitative estimate of drug-likeness (QED) is 0.729. The third-order valence-corrected chi connectivity index (χ3v) is 6.10. The zero-order valence-corrected chi connectivity index (χ0v) is 16.1. The van der Waals surface area contributed by atoms with Crippen LogP contribution in [0.15, 0.2) is 30.6 Å². The number of nitrogens with one attached hydrogen (secondary N) is 1. The van der Waals surface area contributed by atoms with Gasteiger partial charge in [-0.1, -0.05) is 0 Å². The Morgan fingerprint density at radius 1 is 1.14 bits per heavy atom. The molecule has 6 rings (SSSR count). The third-order valence-electron chi connectivity index (χ3n) is 6.10. The smallest absolute Gasteiger partial charge is 0.225 e. The first-order valence-electron chi connectivity index (χ1n) is 10.3. The van der Waals surface area contributed by atoms with Crippen LogP contribution in [0.2, 0.25) is 0 Å². The second kappa shape index (κ2) is 6.96. The predicted molar refractivity (Wildman–Crippen MR) is 107 cm³/mol. The number of nitrogens with zero attached hydrogens (tertiary/aromatic N) is 4. The van der Waals surface area contributed by atoms with Gasteiger partial charge in [0.1, 0.15) is 17.6 Å². The lowest BCUT2D eigenvalue weighted by molar-refractivity contribution is 0.0244. The lowest BCUT2D eigenvalue weighted by atomic mass is 10.1. The molecule has 3 saturated heterocycles. The van der Waals surface area contributed by atoms with E-state index >= 15 is 0 Å². The molecule has 0 amide bonds. The molecule has 8 heteroatoms. The topological polar surface area (TPSA) is 85.4 Å². The van der Waals surface area contributed by atoms with Crippen LogP contribution in [0.1, 0.15) is 19.3 Å². The molecule has 29 heavy (non-hydrogen) atoms. The van der Waals surface area contributed by atoms with Crippen molar-refractivity contribution in [3.8, 4) is 17.1 Å². The van der Waals surface area contributed by atoms with E-state index < -0.39 is 0 Å². The van der Waals surface area contributed by atoms with Crippen molar-refractivity contribution in [2.75, 3.05) is 31.3 Å². The largest absolute Gasteiger partial charge is 0.474 e. The zero-order valence-electron chi connectivity index (χ0n) is 16.1. The minimum atomic E-state index is 0.123. The van der Waals surface area contributed by atoms with Crippen LogP contribution in [0.4, 0.5) is 5.82 Å². The second-order valence-corrected chi connectivity index (χ2v) is 7.94. The lowest BCUT2D eigenvalue weighted by Gasteiger charge is -2.28. The van der Waals surface area contributed by atoms with E-state index in [1.165, 1.54) is 0 Å². The van der Waals surface area contributed by atoms with E-state index in [-0.39, 0.29) is 6.10 Å². The highest BCUT2D eigenvalue weighted by molar-refractivity contribution is 5.96. The van der Waals surface area contributed by atoms with Gasteiger partial charge >= 0.3 is 0 Å². The number of ether oxygens (including phenoxy) is 3. The van der Waals surface area contributed by atoms with Crippen LogP contribution in [0.25, 0.3) is 22.2 Å². The number of aromatic amines is 1. The first-order valence-corrected chi connectivity index (χ1v) is 10.3. The summed E-state index contributed by atoms with van der Waals surface area (Å²) in [5.74, 6) is 1.61. The van der Waals surface area contributed by atoms with Crippen LogP contribution in [0.3, 0.4) is 0 Å². The van der Waals surface area contributed by atoms with Crippen LogP contribution >= 0.6 is 0 Å². The van der Waals surface area contributed by atoms with Gasteiger partial charge < -0.3 is 19.1 Å². The number of fused-ring (bicyclic) bond motifs is 3. The van der Waals surface area contributed by atoms with Crippen LogP contribution in [-0.2, 0) is 9.47 Å². The van der Waals surface area contributed by atoms with E-state index in [0.717, 1.165) is 73.6 Å².